The topological polar surface area (TPSA) is 67.0 Å². The molecule has 1 amide bonds. The highest BCUT2D eigenvalue weighted by Crippen LogP contribution is 1.96. The van der Waals surface area contributed by atoms with Crippen LogP contribution in [0.3, 0.4) is 0 Å². The van der Waals surface area contributed by atoms with E-state index in [-0.39, 0.29) is 5.91 Å². The zero-order chi connectivity index (χ0) is 11.6. The molecule has 1 aromatic rings. The van der Waals surface area contributed by atoms with E-state index in [1.54, 1.807) is 6.33 Å². The molecule has 5 nitrogen and oxygen atoms in total. The van der Waals surface area contributed by atoms with Crippen LogP contribution in [0.25, 0.3) is 0 Å². The van der Waals surface area contributed by atoms with Gasteiger partial charge >= 0.3 is 0 Å². The van der Waals surface area contributed by atoms with Crippen molar-refractivity contribution in [3.63, 3.8) is 0 Å². The normalized spacial score (nSPS) is 10.0. The van der Waals surface area contributed by atoms with Crippen molar-refractivity contribution in [1.82, 2.24) is 15.3 Å². The number of H-pyrrole nitrogens is 1. The Bertz CT molecular complexity index is 309. The Balaban J connectivity index is 1.89. The number of aromatic amines is 1. The molecule has 0 atom stereocenters. The first kappa shape index (κ1) is 12.4. The summed E-state index contributed by atoms with van der Waals surface area (Å²) in [4.78, 5) is 17.7. The molecule has 16 heavy (non-hydrogen) atoms. The van der Waals surface area contributed by atoms with Gasteiger partial charge in [-0.2, -0.15) is 0 Å². The van der Waals surface area contributed by atoms with Gasteiger partial charge in [0.05, 0.1) is 18.6 Å². The number of hydrogen-bond acceptors (Lipinski definition) is 3. The lowest BCUT2D eigenvalue weighted by Crippen LogP contribution is -2.22. The quantitative estimate of drug-likeness (QED) is 0.510. The van der Waals surface area contributed by atoms with Gasteiger partial charge in [-0.3, -0.25) is 4.79 Å². The van der Waals surface area contributed by atoms with Crippen LogP contribution in [0.5, 0.6) is 0 Å². The second-order valence-corrected chi connectivity index (χ2v) is 3.32. The van der Waals surface area contributed by atoms with Crippen LogP contribution < -0.4 is 5.32 Å². The van der Waals surface area contributed by atoms with Crippen molar-refractivity contribution >= 4 is 5.91 Å². The molecule has 0 unspecified atom stereocenters. The fourth-order valence-electron chi connectivity index (χ4n) is 1.16. The van der Waals surface area contributed by atoms with Crippen molar-refractivity contribution in [2.24, 2.45) is 0 Å². The van der Waals surface area contributed by atoms with Gasteiger partial charge in [0.25, 0.3) is 0 Å². The molecule has 1 heterocycles. The summed E-state index contributed by atoms with van der Waals surface area (Å²) >= 11 is 0. The number of aromatic nitrogens is 2. The van der Waals surface area contributed by atoms with Gasteiger partial charge in [0.2, 0.25) is 5.91 Å². The lowest BCUT2D eigenvalue weighted by atomic mass is 10.3. The summed E-state index contributed by atoms with van der Waals surface area (Å²) in [6.07, 6.45) is 6.53. The predicted molar refractivity (Wildman–Crippen MR) is 60.7 cm³/mol. The first-order chi connectivity index (χ1) is 7.83. The summed E-state index contributed by atoms with van der Waals surface area (Å²) in [5.74, 6) is -0.127. The number of carbonyl (C=O) groups is 1. The molecule has 0 aromatic carbocycles. The second-order valence-electron chi connectivity index (χ2n) is 3.32. The second kappa shape index (κ2) is 7.64. The van der Waals surface area contributed by atoms with Gasteiger partial charge in [0, 0.05) is 19.3 Å². The lowest BCUT2D eigenvalue weighted by molar-refractivity contribution is -0.116. The molecule has 1 rings (SSSR count). The van der Waals surface area contributed by atoms with E-state index < -0.39 is 0 Å². The molecule has 0 spiro atoms. The minimum atomic E-state index is -0.127. The molecular weight excluding hydrogens is 206 g/mol. The van der Waals surface area contributed by atoms with Crippen LogP contribution in [0.4, 0.5) is 0 Å². The Kier molecular flexibility index (Phi) is 5.95. The number of amides is 1. The van der Waals surface area contributed by atoms with Gasteiger partial charge in [-0.1, -0.05) is 6.58 Å². The van der Waals surface area contributed by atoms with Crippen LogP contribution in [0.2, 0.25) is 0 Å². The number of rotatable bonds is 8. The molecule has 88 valence electrons. The SMILES string of the molecule is C=CC(=O)NCCCCOCc1c[nH]cn1. The number of carbonyl (C=O) groups excluding carboxylic acids is 1. The van der Waals surface area contributed by atoms with Crippen molar-refractivity contribution in [3.05, 3.63) is 30.9 Å². The molecule has 0 saturated carbocycles. The molecule has 0 aliphatic rings. The van der Waals surface area contributed by atoms with Crippen LogP contribution in [-0.4, -0.2) is 29.0 Å². The minimum absolute atomic E-state index is 0.127. The van der Waals surface area contributed by atoms with E-state index in [1.807, 2.05) is 6.20 Å². The van der Waals surface area contributed by atoms with Gasteiger partial charge in [-0.05, 0) is 18.9 Å². The zero-order valence-electron chi connectivity index (χ0n) is 9.24. The Morgan fingerprint density at radius 3 is 3.19 bits per heavy atom. The summed E-state index contributed by atoms with van der Waals surface area (Å²) in [6, 6.07) is 0. The maximum absolute atomic E-state index is 10.8. The third-order valence-electron chi connectivity index (χ3n) is 2.00. The van der Waals surface area contributed by atoms with E-state index >= 15 is 0 Å². The molecule has 0 saturated heterocycles. The van der Waals surface area contributed by atoms with Crippen molar-refractivity contribution < 1.29 is 9.53 Å². The van der Waals surface area contributed by atoms with Gasteiger partial charge in [0.15, 0.2) is 0 Å². The molecule has 0 fully saturated rings. The van der Waals surface area contributed by atoms with Gasteiger partial charge in [-0.15, -0.1) is 0 Å². The molecular formula is C11H17N3O2. The largest absolute Gasteiger partial charge is 0.375 e. The third-order valence-corrected chi connectivity index (χ3v) is 2.00. The van der Waals surface area contributed by atoms with Crippen LogP contribution >= 0.6 is 0 Å². The molecule has 5 heteroatoms. The highest BCUT2D eigenvalue weighted by Gasteiger charge is 1.95. The van der Waals surface area contributed by atoms with Crippen LogP contribution in [0.1, 0.15) is 18.5 Å². The molecule has 2 N–H and O–H groups in total. The number of hydrogen-bond donors (Lipinski definition) is 2. The fourth-order valence-corrected chi connectivity index (χ4v) is 1.16. The highest BCUT2D eigenvalue weighted by atomic mass is 16.5. The lowest BCUT2D eigenvalue weighted by Gasteiger charge is -2.03. The average Bonchev–Trinajstić information content (AvgIpc) is 2.80. The predicted octanol–water partition coefficient (Wildman–Crippen LogP) is 1.01. The summed E-state index contributed by atoms with van der Waals surface area (Å²) in [5, 5.41) is 2.71. The summed E-state index contributed by atoms with van der Waals surface area (Å²) in [6.45, 7) is 5.24. The van der Waals surface area contributed by atoms with E-state index in [0.29, 0.717) is 19.8 Å². The van der Waals surface area contributed by atoms with Crippen LogP contribution in [0.15, 0.2) is 25.2 Å². The maximum Gasteiger partial charge on any atom is 0.243 e. The molecule has 1 aromatic heterocycles. The third kappa shape index (κ3) is 5.31. The Hall–Kier alpha value is -1.62. The molecule has 0 aliphatic carbocycles. The highest BCUT2D eigenvalue weighted by molar-refractivity contribution is 5.86. The van der Waals surface area contributed by atoms with Crippen molar-refractivity contribution in [2.75, 3.05) is 13.2 Å². The average molecular weight is 223 g/mol. The van der Waals surface area contributed by atoms with Crippen LogP contribution in [0, 0.1) is 0 Å². The zero-order valence-corrected chi connectivity index (χ0v) is 9.24. The Labute approximate surface area is 94.9 Å². The summed E-state index contributed by atoms with van der Waals surface area (Å²) in [5.41, 5.74) is 0.903. The first-order valence-corrected chi connectivity index (χ1v) is 5.28. The Morgan fingerprint density at radius 2 is 2.50 bits per heavy atom. The molecule has 0 bridgehead atoms. The minimum Gasteiger partial charge on any atom is -0.375 e. The molecule has 0 aliphatic heterocycles. The number of ether oxygens (including phenoxy) is 1. The standard InChI is InChI=1S/C11H17N3O2/c1-2-11(15)13-5-3-4-6-16-8-10-7-12-9-14-10/h2,7,9H,1,3-6,8H2,(H,12,14)(H,13,15). The van der Waals surface area contributed by atoms with Crippen LogP contribution in [-0.2, 0) is 16.1 Å². The van der Waals surface area contributed by atoms with E-state index in [4.69, 9.17) is 4.74 Å². The summed E-state index contributed by atoms with van der Waals surface area (Å²) < 4.78 is 5.40. The fraction of sp³-hybridized carbons (Fsp3) is 0.455. The number of imidazole rings is 1. The van der Waals surface area contributed by atoms with E-state index in [1.165, 1.54) is 6.08 Å². The van der Waals surface area contributed by atoms with E-state index in [9.17, 15) is 4.79 Å². The number of nitrogens with zero attached hydrogens (tertiary/aromatic N) is 1. The number of nitrogens with one attached hydrogen (secondary N) is 2. The monoisotopic (exact) mass is 223 g/mol. The Morgan fingerprint density at radius 1 is 1.62 bits per heavy atom. The van der Waals surface area contributed by atoms with E-state index in [2.05, 4.69) is 21.9 Å². The van der Waals surface area contributed by atoms with Gasteiger partial charge in [-0.25, -0.2) is 4.98 Å². The number of unbranched alkanes of at least 4 members (excludes halogenated alkanes) is 1. The van der Waals surface area contributed by atoms with Crippen molar-refractivity contribution in [3.8, 4) is 0 Å². The maximum atomic E-state index is 10.8. The van der Waals surface area contributed by atoms with Crippen molar-refractivity contribution in [1.29, 1.82) is 0 Å². The molecule has 0 radical (unpaired) electrons. The van der Waals surface area contributed by atoms with Gasteiger partial charge in [0.1, 0.15) is 0 Å². The summed E-state index contributed by atoms with van der Waals surface area (Å²) in [7, 11) is 0. The van der Waals surface area contributed by atoms with Gasteiger partial charge < -0.3 is 15.0 Å². The van der Waals surface area contributed by atoms with Crippen molar-refractivity contribution in [2.45, 2.75) is 19.4 Å². The van der Waals surface area contributed by atoms with E-state index in [0.717, 1.165) is 18.5 Å². The first-order valence-electron chi connectivity index (χ1n) is 5.28. The smallest absolute Gasteiger partial charge is 0.243 e.